The molecule has 2 fully saturated rings. The Morgan fingerprint density at radius 2 is 1.54 bits per heavy atom. The van der Waals surface area contributed by atoms with Gasteiger partial charge in [0.05, 0.1) is 0 Å². The number of likely N-dealkylation sites (tertiary alicyclic amines) is 1. The zero-order chi connectivity index (χ0) is 9.36. The first-order valence-corrected chi connectivity index (χ1v) is 5.86. The van der Waals surface area contributed by atoms with Crippen molar-refractivity contribution < 1.29 is 0 Å². The van der Waals surface area contributed by atoms with Gasteiger partial charge >= 0.3 is 0 Å². The number of nitrogens with zero attached hydrogens (tertiary/aromatic N) is 1. The first-order valence-electron chi connectivity index (χ1n) is 5.86. The van der Waals surface area contributed by atoms with Crippen molar-refractivity contribution in [1.82, 2.24) is 10.2 Å². The predicted octanol–water partition coefficient (Wildman–Crippen LogP) is 1.86. The van der Waals surface area contributed by atoms with Crippen LogP contribution in [0.25, 0.3) is 0 Å². The summed E-state index contributed by atoms with van der Waals surface area (Å²) < 4.78 is 0. The van der Waals surface area contributed by atoms with E-state index in [0.717, 1.165) is 0 Å². The van der Waals surface area contributed by atoms with Crippen LogP contribution < -0.4 is 5.32 Å². The van der Waals surface area contributed by atoms with Crippen LogP contribution in [0, 0.1) is 0 Å². The summed E-state index contributed by atoms with van der Waals surface area (Å²) in [6.45, 7) is 8.68. The molecule has 0 unspecified atom stereocenters. The van der Waals surface area contributed by atoms with Crippen LogP contribution in [0.15, 0.2) is 0 Å². The van der Waals surface area contributed by atoms with E-state index in [-0.39, 0.29) is 0 Å². The first kappa shape index (κ1) is 11.0. The van der Waals surface area contributed by atoms with Crippen LogP contribution in [-0.2, 0) is 0 Å². The molecule has 2 nitrogen and oxygen atoms in total. The molecule has 78 valence electrons. The fourth-order valence-corrected chi connectivity index (χ4v) is 1.90. The number of nitrogens with one attached hydrogen (secondary N) is 1. The highest BCUT2D eigenvalue weighted by molar-refractivity contribution is 4.61. The smallest absolute Gasteiger partial charge is 0.00188 e. The third kappa shape index (κ3) is 5.27. The SMILES string of the molecule is C1CCNC1.CCN1CCCCC1. The van der Waals surface area contributed by atoms with Crippen molar-refractivity contribution in [3.05, 3.63) is 0 Å². The van der Waals surface area contributed by atoms with Crippen molar-refractivity contribution in [1.29, 1.82) is 0 Å². The van der Waals surface area contributed by atoms with Gasteiger partial charge in [-0.1, -0.05) is 13.3 Å². The Balaban J connectivity index is 0.000000145. The fraction of sp³-hybridized carbons (Fsp3) is 1.00. The molecule has 2 aliphatic rings. The molecule has 0 aromatic rings. The van der Waals surface area contributed by atoms with Crippen molar-refractivity contribution in [2.45, 2.75) is 39.0 Å². The number of hydrogen-bond acceptors (Lipinski definition) is 2. The predicted molar refractivity (Wildman–Crippen MR) is 58.1 cm³/mol. The molecule has 0 aliphatic carbocycles. The van der Waals surface area contributed by atoms with E-state index in [1.807, 2.05) is 0 Å². The highest BCUT2D eigenvalue weighted by Crippen LogP contribution is 2.06. The Hall–Kier alpha value is -0.0800. The van der Waals surface area contributed by atoms with Crippen molar-refractivity contribution in [2.24, 2.45) is 0 Å². The maximum atomic E-state index is 3.22. The van der Waals surface area contributed by atoms with Crippen molar-refractivity contribution in [3.8, 4) is 0 Å². The molecule has 0 atom stereocenters. The van der Waals surface area contributed by atoms with E-state index in [4.69, 9.17) is 0 Å². The normalized spacial score (nSPS) is 23.8. The molecule has 0 aromatic heterocycles. The summed E-state index contributed by atoms with van der Waals surface area (Å²) >= 11 is 0. The number of hydrogen-bond donors (Lipinski definition) is 1. The Morgan fingerprint density at radius 1 is 0.923 bits per heavy atom. The average Bonchev–Trinajstić information content (AvgIpc) is 2.77. The third-order valence-electron chi connectivity index (χ3n) is 2.85. The molecule has 2 saturated heterocycles. The monoisotopic (exact) mass is 184 g/mol. The molecule has 2 heteroatoms. The summed E-state index contributed by atoms with van der Waals surface area (Å²) in [7, 11) is 0. The first-order chi connectivity index (χ1) is 6.43. The van der Waals surface area contributed by atoms with Crippen LogP contribution in [0.2, 0.25) is 0 Å². The summed E-state index contributed by atoms with van der Waals surface area (Å²) in [5.41, 5.74) is 0. The van der Waals surface area contributed by atoms with E-state index >= 15 is 0 Å². The maximum absolute atomic E-state index is 3.22. The van der Waals surface area contributed by atoms with Gasteiger partial charge in [-0.2, -0.15) is 0 Å². The van der Waals surface area contributed by atoms with Gasteiger partial charge in [0.1, 0.15) is 0 Å². The Labute approximate surface area is 82.7 Å². The molecule has 1 N–H and O–H groups in total. The third-order valence-corrected chi connectivity index (χ3v) is 2.85. The summed E-state index contributed by atoms with van der Waals surface area (Å²) in [6, 6.07) is 0. The highest BCUT2D eigenvalue weighted by Gasteiger charge is 2.05. The lowest BCUT2D eigenvalue weighted by Crippen LogP contribution is -2.29. The molecule has 2 rings (SSSR count). The zero-order valence-corrected chi connectivity index (χ0v) is 9.02. The van der Waals surface area contributed by atoms with Crippen molar-refractivity contribution >= 4 is 0 Å². The largest absolute Gasteiger partial charge is 0.317 e. The van der Waals surface area contributed by atoms with Crippen molar-refractivity contribution in [3.63, 3.8) is 0 Å². The van der Waals surface area contributed by atoms with Gasteiger partial charge < -0.3 is 10.2 Å². The summed E-state index contributed by atoms with van der Waals surface area (Å²) in [6.07, 6.45) is 7.08. The van der Waals surface area contributed by atoms with Gasteiger partial charge in [0.15, 0.2) is 0 Å². The Bertz CT molecular complexity index is 97.0. The van der Waals surface area contributed by atoms with Crippen LogP contribution in [0.5, 0.6) is 0 Å². The summed E-state index contributed by atoms with van der Waals surface area (Å²) in [5, 5.41) is 3.22. The van der Waals surface area contributed by atoms with E-state index < -0.39 is 0 Å². The van der Waals surface area contributed by atoms with E-state index in [0.29, 0.717) is 0 Å². The van der Waals surface area contributed by atoms with E-state index in [1.165, 1.54) is 64.8 Å². The molecule has 0 aromatic carbocycles. The van der Waals surface area contributed by atoms with Crippen LogP contribution in [0.3, 0.4) is 0 Å². The molecular weight excluding hydrogens is 160 g/mol. The lowest BCUT2D eigenvalue weighted by Gasteiger charge is -2.24. The van der Waals surface area contributed by atoms with Gasteiger partial charge in [-0.3, -0.25) is 0 Å². The minimum atomic E-state index is 1.25. The molecule has 0 saturated carbocycles. The Morgan fingerprint density at radius 3 is 1.85 bits per heavy atom. The summed E-state index contributed by atoms with van der Waals surface area (Å²) in [4.78, 5) is 2.52. The molecule has 2 heterocycles. The second kappa shape index (κ2) is 7.34. The maximum Gasteiger partial charge on any atom is -0.00188 e. The molecule has 0 bridgehead atoms. The van der Waals surface area contributed by atoms with Gasteiger partial charge in [0, 0.05) is 0 Å². The van der Waals surface area contributed by atoms with Crippen LogP contribution in [0.1, 0.15) is 39.0 Å². The van der Waals surface area contributed by atoms with E-state index in [2.05, 4.69) is 17.1 Å². The van der Waals surface area contributed by atoms with Crippen LogP contribution in [0.4, 0.5) is 0 Å². The van der Waals surface area contributed by atoms with Crippen molar-refractivity contribution in [2.75, 3.05) is 32.7 Å². The molecule has 2 aliphatic heterocycles. The zero-order valence-electron chi connectivity index (χ0n) is 9.02. The second-order valence-electron chi connectivity index (χ2n) is 3.95. The topological polar surface area (TPSA) is 15.3 Å². The molecule has 0 radical (unpaired) electrons. The van der Waals surface area contributed by atoms with Gasteiger partial charge in [-0.25, -0.2) is 0 Å². The van der Waals surface area contributed by atoms with Gasteiger partial charge in [-0.05, 0) is 58.4 Å². The molecule has 0 spiro atoms. The Kier molecular flexibility index (Phi) is 6.21. The lowest BCUT2D eigenvalue weighted by molar-refractivity contribution is 0.240. The van der Waals surface area contributed by atoms with E-state index in [9.17, 15) is 0 Å². The number of piperidine rings is 1. The second-order valence-corrected chi connectivity index (χ2v) is 3.95. The van der Waals surface area contributed by atoms with Crippen LogP contribution in [-0.4, -0.2) is 37.6 Å². The molecular formula is C11H24N2. The minimum Gasteiger partial charge on any atom is -0.317 e. The van der Waals surface area contributed by atoms with Gasteiger partial charge in [0.2, 0.25) is 0 Å². The standard InChI is InChI=1S/C7H15N.C4H9N/c1-2-8-6-4-3-5-7-8;1-2-4-5-3-1/h2-7H2,1H3;5H,1-4H2. The van der Waals surface area contributed by atoms with Crippen LogP contribution >= 0.6 is 0 Å². The fourth-order valence-electron chi connectivity index (χ4n) is 1.90. The molecule has 13 heavy (non-hydrogen) atoms. The number of rotatable bonds is 1. The minimum absolute atomic E-state index is 1.25. The van der Waals surface area contributed by atoms with Gasteiger partial charge in [-0.15, -0.1) is 0 Å². The quantitative estimate of drug-likeness (QED) is 0.669. The summed E-state index contributed by atoms with van der Waals surface area (Å²) in [5.74, 6) is 0. The van der Waals surface area contributed by atoms with E-state index in [1.54, 1.807) is 0 Å². The lowest BCUT2D eigenvalue weighted by atomic mass is 10.1. The average molecular weight is 184 g/mol. The van der Waals surface area contributed by atoms with Gasteiger partial charge in [0.25, 0.3) is 0 Å². The highest BCUT2D eigenvalue weighted by atomic mass is 15.1. The molecule has 0 amide bonds.